The molecule has 0 spiro atoms. The molecule has 3 rings (SSSR count). The van der Waals surface area contributed by atoms with E-state index in [2.05, 4.69) is 10.3 Å². The lowest BCUT2D eigenvalue weighted by Crippen LogP contribution is -2.34. The van der Waals surface area contributed by atoms with Crippen LogP contribution in [-0.2, 0) is 16.0 Å². The largest absolute Gasteiger partial charge is 0.441 e. The van der Waals surface area contributed by atoms with Crippen molar-refractivity contribution in [2.45, 2.75) is 51.9 Å². The molecular formula is C22H29N3O3. The van der Waals surface area contributed by atoms with E-state index in [0.29, 0.717) is 31.7 Å². The van der Waals surface area contributed by atoms with Crippen LogP contribution in [0.3, 0.4) is 0 Å². The smallest absolute Gasteiger partial charge is 0.222 e. The molecule has 6 nitrogen and oxygen atoms in total. The highest BCUT2D eigenvalue weighted by molar-refractivity contribution is 5.76. The van der Waals surface area contributed by atoms with Crippen molar-refractivity contribution in [2.75, 3.05) is 19.6 Å². The molecule has 1 saturated heterocycles. The summed E-state index contributed by atoms with van der Waals surface area (Å²) in [6.45, 7) is 4.20. The molecule has 1 aliphatic rings. The number of rotatable bonds is 8. The van der Waals surface area contributed by atoms with Crippen molar-refractivity contribution in [3.05, 3.63) is 41.9 Å². The maximum atomic E-state index is 12.0. The van der Waals surface area contributed by atoms with Crippen LogP contribution < -0.4 is 5.32 Å². The monoisotopic (exact) mass is 383 g/mol. The first kappa shape index (κ1) is 20.1. The number of aryl methyl sites for hydroxylation is 2. The Morgan fingerprint density at radius 3 is 2.86 bits per heavy atom. The summed E-state index contributed by atoms with van der Waals surface area (Å²) in [6.07, 6.45) is 7.18. The lowest BCUT2D eigenvalue weighted by Gasteiger charge is -2.20. The predicted octanol–water partition coefficient (Wildman–Crippen LogP) is 3.49. The molecule has 28 heavy (non-hydrogen) atoms. The minimum absolute atomic E-state index is 0.0164. The number of amides is 2. The van der Waals surface area contributed by atoms with E-state index in [4.69, 9.17) is 4.42 Å². The molecule has 1 N–H and O–H groups in total. The highest BCUT2D eigenvalue weighted by Gasteiger charge is 2.16. The minimum Gasteiger partial charge on any atom is -0.441 e. The number of nitrogens with one attached hydrogen (secondary N) is 1. The number of aromatic nitrogens is 1. The fourth-order valence-corrected chi connectivity index (χ4v) is 3.36. The Balaban J connectivity index is 1.35. The van der Waals surface area contributed by atoms with Gasteiger partial charge in [-0.2, -0.15) is 0 Å². The van der Waals surface area contributed by atoms with Crippen LogP contribution in [0.4, 0.5) is 0 Å². The SMILES string of the molecule is Cc1ccc(-c2cnc(CCC(=O)NCCCN3CCCCCC3=O)o2)cc1. The number of hydrogen-bond donors (Lipinski definition) is 1. The van der Waals surface area contributed by atoms with Crippen LogP contribution in [-0.4, -0.2) is 41.3 Å². The molecule has 0 radical (unpaired) electrons. The summed E-state index contributed by atoms with van der Waals surface area (Å²) in [4.78, 5) is 30.2. The van der Waals surface area contributed by atoms with E-state index >= 15 is 0 Å². The third-order valence-electron chi connectivity index (χ3n) is 5.05. The second-order valence-corrected chi connectivity index (χ2v) is 7.38. The van der Waals surface area contributed by atoms with Gasteiger partial charge in [-0.25, -0.2) is 4.98 Å². The molecule has 6 heteroatoms. The average Bonchev–Trinajstić information content (AvgIpc) is 3.07. The molecule has 0 atom stereocenters. The number of likely N-dealkylation sites (tertiary alicyclic amines) is 1. The molecule has 0 aliphatic carbocycles. The summed E-state index contributed by atoms with van der Waals surface area (Å²) in [5.74, 6) is 1.52. The van der Waals surface area contributed by atoms with E-state index in [9.17, 15) is 9.59 Å². The molecular weight excluding hydrogens is 354 g/mol. The molecule has 1 fully saturated rings. The molecule has 1 aliphatic heterocycles. The van der Waals surface area contributed by atoms with Gasteiger partial charge in [-0.1, -0.05) is 36.2 Å². The van der Waals surface area contributed by atoms with Crippen LogP contribution in [0.25, 0.3) is 11.3 Å². The van der Waals surface area contributed by atoms with Crippen LogP contribution in [0, 0.1) is 6.92 Å². The van der Waals surface area contributed by atoms with Crippen molar-refractivity contribution >= 4 is 11.8 Å². The first-order valence-corrected chi connectivity index (χ1v) is 10.2. The quantitative estimate of drug-likeness (QED) is 0.708. The maximum absolute atomic E-state index is 12.0. The van der Waals surface area contributed by atoms with E-state index in [0.717, 1.165) is 50.1 Å². The third-order valence-corrected chi connectivity index (χ3v) is 5.05. The molecule has 2 aromatic rings. The summed E-state index contributed by atoms with van der Waals surface area (Å²) in [6, 6.07) is 8.07. The van der Waals surface area contributed by atoms with Gasteiger partial charge in [0.05, 0.1) is 6.20 Å². The molecule has 150 valence electrons. The Hall–Kier alpha value is -2.63. The lowest BCUT2D eigenvalue weighted by atomic mass is 10.1. The number of carbonyl (C=O) groups is 2. The highest BCUT2D eigenvalue weighted by atomic mass is 16.4. The van der Waals surface area contributed by atoms with Gasteiger partial charge in [-0.3, -0.25) is 9.59 Å². The molecule has 0 saturated carbocycles. The molecule has 0 unspecified atom stereocenters. The van der Waals surface area contributed by atoms with Gasteiger partial charge in [0.2, 0.25) is 11.8 Å². The zero-order valence-corrected chi connectivity index (χ0v) is 16.6. The van der Waals surface area contributed by atoms with Gasteiger partial charge in [-0.15, -0.1) is 0 Å². The molecule has 0 bridgehead atoms. The van der Waals surface area contributed by atoms with Crippen molar-refractivity contribution in [3.63, 3.8) is 0 Å². The van der Waals surface area contributed by atoms with Crippen LogP contribution in [0.1, 0.15) is 50.0 Å². The number of carbonyl (C=O) groups excluding carboxylic acids is 2. The van der Waals surface area contributed by atoms with Crippen molar-refractivity contribution in [1.29, 1.82) is 0 Å². The standard InChI is InChI=1S/C22H29N3O3/c1-17-7-9-18(10-8-17)19-16-24-21(28-19)12-11-20(26)23-13-5-15-25-14-4-2-3-6-22(25)27/h7-10,16H,2-6,11-15H2,1H3,(H,23,26). The summed E-state index contributed by atoms with van der Waals surface area (Å²) in [5, 5.41) is 2.92. The van der Waals surface area contributed by atoms with Crippen molar-refractivity contribution in [2.24, 2.45) is 0 Å². The summed E-state index contributed by atoms with van der Waals surface area (Å²) >= 11 is 0. The van der Waals surface area contributed by atoms with E-state index < -0.39 is 0 Å². The van der Waals surface area contributed by atoms with Crippen molar-refractivity contribution in [3.8, 4) is 11.3 Å². The summed E-state index contributed by atoms with van der Waals surface area (Å²) < 4.78 is 5.75. The maximum Gasteiger partial charge on any atom is 0.222 e. The summed E-state index contributed by atoms with van der Waals surface area (Å²) in [7, 11) is 0. The van der Waals surface area contributed by atoms with E-state index in [1.54, 1.807) is 6.20 Å². The number of hydrogen-bond acceptors (Lipinski definition) is 4. The minimum atomic E-state index is -0.0164. The average molecular weight is 383 g/mol. The second kappa shape index (κ2) is 10.1. The van der Waals surface area contributed by atoms with Gasteiger partial charge in [0, 0.05) is 44.5 Å². The third kappa shape index (κ3) is 5.94. The van der Waals surface area contributed by atoms with Crippen molar-refractivity contribution in [1.82, 2.24) is 15.2 Å². The first-order valence-electron chi connectivity index (χ1n) is 10.2. The Bertz CT molecular complexity index is 783. The zero-order valence-electron chi connectivity index (χ0n) is 16.6. The highest BCUT2D eigenvalue weighted by Crippen LogP contribution is 2.21. The Kier molecular flexibility index (Phi) is 7.23. The Morgan fingerprint density at radius 1 is 1.21 bits per heavy atom. The molecule has 2 heterocycles. The van der Waals surface area contributed by atoms with E-state index in [1.807, 2.05) is 36.1 Å². The van der Waals surface area contributed by atoms with Gasteiger partial charge in [-0.05, 0) is 26.2 Å². The van der Waals surface area contributed by atoms with Crippen LogP contribution in [0.2, 0.25) is 0 Å². The van der Waals surface area contributed by atoms with Gasteiger partial charge in [0.15, 0.2) is 11.7 Å². The second-order valence-electron chi connectivity index (χ2n) is 7.38. The van der Waals surface area contributed by atoms with Crippen LogP contribution in [0.15, 0.2) is 34.9 Å². The fourth-order valence-electron chi connectivity index (χ4n) is 3.36. The fraction of sp³-hybridized carbons (Fsp3) is 0.500. The van der Waals surface area contributed by atoms with Gasteiger partial charge in [0.25, 0.3) is 0 Å². The number of benzene rings is 1. The van der Waals surface area contributed by atoms with Gasteiger partial charge >= 0.3 is 0 Å². The first-order chi connectivity index (χ1) is 13.6. The number of oxazole rings is 1. The summed E-state index contributed by atoms with van der Waals surface area (Å²) in [5.41, 5.74) is 2.18. The lowest BCUT2D eigenvalue weighted by molar-refractivity contribution is -0.130. The van der Waals surface area contributed by atoms with Crippen LogP contribution in [0.5, 0.6) is 0 Å². The van der Waals surface area contributed by atoms with E-state index in [-0.39, 0.29) is 11.8 Å². The Labute approximate surface area is 166 Å². The topological polar surface area (TPSA) is 75.4 Å². The molecule has 1 aromatic carbocycles. The van der Waals surface area contributed by atoms with Crippen molar-refractivity contribution < 1.29 is 14.0 Å². The predicted molar refractivity (Wildman–Crippen MR) is 108 cm³/mol. The molecule has 2 amide bonds. The van der Waals surface area contributed by atoms with E-state index in [1.165, 1.54) is 5.56 Å². The normalized spacial score (nSPS) is 14.8. The van der Waals surface area contributed by atoms with Gasteiger partial charge in [0.1, 0.15) is 0 Å². The van der Waals surface area contributed by atoms with Crippen LogP contribution >= 0.6 is 0 Å². The zero-order chi connectivity index (χ0) is 19.8. The van der Waals surface area contributed by atoms with Gasteiger partial charge < -0.3 is 14.6 Å². The molecule has 1 aromatic heterocycles. The Morgan fingerprint density at radius 2 is 2.04 bits per heavy atom. The number of nitrogens with zero attached hydrogens (tertiary/aromatic N) is 2.